The molecule has 4 nitrogen and oxygen atoms in total. The highest BCUT2D eigenvalue weighted by Crippen LogP contribution is 2.40. The van der Waals surface area contributed by atoms with Crippen LogP contribution in [0.5, 0.6) is 17.2 Å². The topological polar surface area (TPSA) is 55.8 Å². The molecule has 0 saturated heterocycles. The van der Waals surface area contributed by atoms with Gasteiger partial charge in [-0.1, -0.05) is 126 Å². The zero-order valence-corrected chi connectivity index (χ0v) is 32.3. The van der Waals surface area contributed by atoms with E-state index in [0.29, 0.717) is 5.75 Å². The van der Waals surface area contributed by atoms with E-state index in [4.69, 9.17) is 8.85 Å². The van der Waals surface area contributed by atoms with Gasteiger partial charge in [-0.2, -0.15) is 0 Å². The number of rotatable bonds is 11. The Hall–Kier alpha value is -4.14. The second kappa shape index (κ2) is 14.5. The third-order valence-electron chi connectivity index (χ3n) is 9.34. The smallest absolute Gasteiger partial charge is 0.319 e. The van der Waals surface area contributed by atoms with Crippen molar-refractivity contribution in [1.82, 2.24) is 0 Å². The normalized spacial score (nSPS) is 12.5. The number of aromatic hydroxyl groups is 1. The van der Waals surface area contributed by atoms with E-state index in [9.17, 15) is 9.90 Å². The number of carbonyl (C=O) groups is 1. The van der Waals surface area contributed by atoms with Crippen molar-refractivity contribution >= 4 is 38.9 Å². The van der Waals surface area contributed by atoms with Crippen LogP contribution in [0.2, 0.25) is 23.2 Å². The van der Waals surface area contributed by atoms with Crippen molar-refractivity contribution in [3.63, 3.8) is 0 Å². The Morgan fingerprint density at radius 3 is 1.83 bits per heavy atom. The number of phenols is 1. The van der Waals surface area contributed by atoms with E-state index >= 15 is 0 Å². The monoisotopic (exact) mass is 676 g/mol. The van der Waals surface area contributed by atoms with Crippen LogP contribution in [0.15, 0.2) is 115 Å². The molecule has 0 aromatic heterocycles. The maximum absolute atomic E-state index is 13.4. The molecule has 252 valence electrons. The van der Waals surface area contributed by atoms with Gasteiger partial charge >= 0.3 is 8.32 Å². The van der Waals surface area contributed by atoms with Crippen molar-refractivity contribution < 1.29 is 18.8 Å². The first kappa shape index (κ1) is 36.7. The lowest BCUT2D eigenvalue weighted by Crippen LogP contribution is -2.68. The first-order valence-corrected chi connectivity index (χ1v) is 21.6. The van der Waals surface area contributed by atoms with Gasteiger partial charge in [-0.15, -0.1) is 0 Å². The molecular formula is C42H52O4Si2. The minimum atomic E-state index is -2.89. The molecule has 0 aliphatic carbocycles. The van der Waals surface area contributed by atoms with E-state index in [2.05, 4.69) is 105 Å². The van der Waals surface area contributed by atoms with Crippen LogP contribution in [-0.4, -0.2) is 27.5 Å². The van der Waals surface area contributed by atoms with Gasteiger partial charge in [0.2, 0.25) is 8.32 Å². The predicted octanol–water partition coefficient (Wildman–Crippen LogP) is 10.1. The fourth-order valence-corrected chi connectivity index (χ4v) is 11.0. The summed E-state index contributed by atoms with van der Waals surface area (Å²) in [5.74, 6) is 1.04. The second-order valence-corrected chi connectivity index (χ2v) is 24.3. The fourth-order valence-electron chi connectivity index (χ4n) is 5.58. The Bertz CT molecular complexity index is 1730. The van der Waals surface area contributed by atoms with Gasteiger partial charge in [0.05, 0.1) is 5.56 Å². The maximum Gasteiger partial charge on any atom is 0.319 e. The number of hydrogen-bond donors (Lipinski definition) is 1. The molecule has 6 heteroatoms. The van der Waals surface area contributed by atoms with Gasteiger partial charge in [0.25, 0.3) is 0 Å². The number of carbonyl (C=O) groups excluding carboxylic acids is 1. The molecule has 0 bridgehead atoms. The molecule has 4 rings (SSSR count). The minimum Gasteiger partial charge on any atom is -0.543 e. The molecule has 4 aromatic rings. The number of benzene rings is 4. The summed E-state index contributed by atoms with van der Waals surface area (Å²) in [6, 6.07) is 31.8. The van der Waals surface area contributed by atoms with E-state index in [1.807, 2.05) is 48.5 Å². The largest absolute Gasteiger partial charge is 0.543 e. The van der Waals surface area contributed by atoms with Crippen molar-refractivity contribution in [2.24, 2.45) is 0 Å². The molecule has 0 amide bonds. The van der Waals surface area contributed by atoms with Crippen molar-refractivity contribution in [2.45, 2.75) is 85.0 Å². The minimum absolute atomic E-state index is 0.0773. The molecule has 0 fully saturated rings. The zero-order chi connectivity index (χ0) is 35.3. The lowest BCUT2D eigenvalue weighted by atomic mass is 10.0. The molecule has 0 aliphatic heterocycles. The molecular weight excluding hydrogens is 625 g/mol. The van der Waals surface area contributed by atoms with Gasteiger partial charge in [0.15, 0.2) is 5.78 Å². The molecule has 0 heterocycles. The first-order chi connectivity index (χ1) is 22.4. The van der Waals surface area contributed by atoms with Gasteiger partial charge < -0.3 is 14.0 Å². The third kappa shape index (κ3) is 8.28. The Balaban J connectivity index is 1.64. The van der Waals surface area contributed by atoms with Gasteiger partial charge in [-0.05, 0) is 95.3 Å². The Labute approximate surface area is 290 Å². The highest BCUT2D eigenvalue weighted by Gasteiger charge is 2.52. The van der Waals surface area contributed by atoms with Crippen LogP contribution in [0, 0.1) is 0 Å². The fraction of sp³-hybridized carbons (Fsp3) is 0.310. The summed E-state index contributed by atoms with van der Waals surface area (Å²) >= 11 is 0. The molecule has 4 aromatic carbocycles. The first-order valence-electron chi connectivity index (χ1n) is 16.8. The molecule has 0 unspecified atom stereocenters. The summed E-state index contributed by atoms with van der Waals surface area (Å²) in [6.45, 7) is 22.0. The summed E-state index contributed by atoms with van der Waals surface area (Å²) in [6.07, 6.45) is 6.26. The molecule has 0 spiro atoms. The lowest BCUT2D eigenvalue weighted by molar-refractivity contribution is 0.104. The Morgan fingerprint density at radius 2 is 1.33 bits per heavy atom. The zero-order valence-electron chi connectivity index (χ0n) is 30.3. The predicted molar refractivity (Wildman–Crippen MR) is 207 cm³/mol. The quantitative estimate of drug-likeness (QED) is 0.0744. The van der Waals surface area contributed by atoms with Crippen molar-refractivity contribution in [2.75, 3.05) is 0 Å². The van der Waals surface area contributed by atoms with Crippen LogP contribution in [0.3, 0.4) is 0 Å². The standard InChI is InChI=1S/C42H52O4Si2/c1-31(2)21-24-33-29-32(23-28-40(33)46-47(9,10)41(3,4)5)22-27-38(43)37-26-25-34(30-39(37)44)45-48(42(6,7)8,35-17-13-11-14-18-35)36-19-15-12-16-20-36/h11-23,25-30,44H,24H2,1-10H3/b27-22+. The maximum atomic E-state index is 13.4. The van der Waals surface area contributed by atoms with E-state index in [1.54, 1.807) is 24.3 Å². The highest BCUT2D eigenvalue weighted by molar-refractivity contribution is 7.00. The van der Waals surface area contributed by atoms with Gasteiger partial charge in [0.1, 0.15) is 17.2 Å². The number of ketones is 1. The van der Waals surface area contributed by atoms with Crippen LogP contribution < -0.4 is 19.2 Å². The van der Waals surface area contributed by atoms with Crippen molar-refractivity contribution in [3.05, 3.63) is 131 Å². The number of allylic oxidation sites excluding steroid dienone is 3. The van der Waals surface area contributed by atoms with E-state index in [-0.39, 0.29) is 27.2 Å². The second-order valence-electron chi connectivity index (χ2n) is 15.4. The average molecular weight is 677 g/mol. The summed E-state index contributed by atoms with van der Waals surface area (Å²) in [5, 5.41) is 13.2. The number of hydrogen-bond acceptors (Lipinski definition) is 4. The summed E-state index contributed by atoms with van der Waals surface area (Å²) in [5.41, 5.74) is 3.45. The molecule has 48 heavy (non-hydrogen) atoms. The van der Waals surface area contributed by atoms with Crippen LogP contribution in [-0.2, 0) is 6.42 Å². The van der Waals surface area contributed by atoms with E-state index < -0.39 is 16.6 Å². The Morgan fingerprint density at radius 1 is 0.750 bits per heavy atom. The third-order valence-corrected chi connectivity index (χ3v) is 18.6. The molecule has 0 atom stereocenters. The van der Waals surface area contributed by atoms with Crippen LogP contribution in [0.4, 0.5) is 0 Å². The average Bonchev–Trinajstić information content (AvgIpc) is 3.02. The van der Waals surface area contributed by atoms with Gasteiger partial charge in [-0.25, -0.2) is 0 Å². The van der Waals surface area contributed by atoms with Crippen molar-refractivity contribution in [3.8, 4) is 17.2 Å². The number of phenolic OH excluding ortho intramolecular Hbond substituents is 1. The summed E-state index contributed by atoms with van der Waals surface area (Å²) in [4.78, 5) is 13.4. The molecule has 0 aliphatic rings. The molecule has 1 N–H and O–H groups in total. The van der Waals surface area contributed by atoms with Crippen LogP contribution in [0.1, 0.15) is 76.9 Å². The van der Waals surface area contributed by atoms with Crippen LogP contribution in [0.25, 0.3) is 6.08 Å². The molecule has 0 saturated carbocycles. The van der Waals surface area contributed by atoms with Crippen molar-refractivity contribution in [1.29, 1.82) is 0 Å². The molecule has 0 radical (unpaired) electrons. The van der Waals surface area contributed by atoms with E-state index in [0.717, 1.165) is 33.7 Å². The lowest BCUT2D eigenvalue weighted by Gasteiger charge is -2.43. The van der Waals surface area contributed by atoms with Crippen LogP contribution >= 0.6 is 0 Å². The Kier molecular flexibility index (Phi) is 11.1. The van der Waals surface area contributed by atoms with Gasteiger partial charge in [0, 0.05) is 6.07 Å². The van der Waals surface area contributed by atoms with Gasteiger partial charge in [-0.3, -0.25) is 4.79 Å². The SMILES string of the molecule is CC(C)=CCc1cc(/C=C/C(=O)c2ccc(O[Si](c3ccccc3)(c3ccccc3)C(C)(C)C)cc2O)ccc1O[Si](C)(C)C(C)(C)C. The van der Waals surface area contributed by atoms with E-state index in [1.165, 1.54) is 11.6 Å². The summed E-state index contributed by atoms with van der Waals surface area (Å²) in [7, 11) is -4.92. The highest BCUT2D eigenvalue weighted by atomic mass is 28.4. The summed E-state index contributed by atoms with van der Waals surface area (Å²) < 4.78 is 13.7.